The molecule has 0 spiro atoms. The van der Waals surface area contributed by atoms with E-state index in [0.29, 0.717) is 5.82 Å². The van der Waals surface area contributed by atoms with Gasteiger partial charge < -0.3 is 5.73 Å². The van der Waals surface area contributed by atoms with Crippen LogP contribution in [0.5, 0.6) is 0 Å². The van der Waals surface area contributed by atoms with E-state index < -0.39 is 0 Å². The third kappa shape index (κ3) is 1.80. The molecule has 0 amide bonds. The Morgan fingerprint density at radius 3 is 3.08 bits per heavy atom. The first kappa shape index (κ1) is 9.13. The molecule has 0 aliphatic heterocycles. The van der Waals surface area contributed by atoms with Crippen molar-refractivity contribution in [3.63, 3.8) is 0 Å². The Balaban J connectivity index is 3.09. The minimum Gasteiger partial charge on any atom is -0.383 e. The predicted octanol–water partition coefficient (Wildman–Crippen LogP) is 2.42. The fourth-order valence-electron chi connectivity index (χ4n) is 0.957. The van der Waals surface area contributed by atoms with Crippen molar-refractivity contribution >= 4 is 23.7 Å². The lowest BCUT2D eigenvalue weighted by Crippen LogP contribution is -1.94. The first-order valence-corrected chi connectivity index (χ1v) is 4.77. The lowest BCUT2D eigenvalue weighted by atomic mass is 10.2. The summed E-state index contributed by atoms with van der Waals surface area (Å²) in [5, 5.41) is 0. The molecule has 1 aromatic rings. The van der Waals surface area contributed by atoms with E-state index in [1.807, 2.05) is 6.07 Å². The molecule has 0 saturated carbocycles. The second-order valence-electron chi connectivity index (χ2n) is 2.25. The van der Waals surface area contributed by atoms with Crippen LogP contribution in [0.3, 0.4) is 0 Å². The van der Waals surface area contributed by atoms with Gasteiger partial charge in [-0.3, -0.25) is 0 Å². The van der Waals surface area contributed by atoms with E-state index >= 15 is 0 Å². The lowest BCUT2D eigenvalue weighted by Gasteiger charge is -2.05. The summed E-state index contributed by atoms with van der Waals surface area (Å²) in [6.07, 6.45) is 3.47. The summed E-state index contributed by atoms with van der Waals surface area (Å²) < 4.78 is 0. The molecule has 12 heavy (non-hydrogen) atoms. The highest BCUT2D eigenvalue weighted by molar-refractivity contribution is 7.99. The van der Waals surface area contributed by atoms with Crippen LogP contribution >= 0.6 is 11.8 Å². The summed E-state index contributed by atoms with van der Waals surface area (Å²) in [4.78, 5) is 5.14. The van der Waals surface area contributed by atoms with Gasteiger partial charge in [0.1, 0.15) is 5.82 Å². The molecule has 3 heteroatoms. The van der Waals surface area contributed by atoms with Gasteiger partial charge in [-0.2, -0.15) is 0 Å². The molecule has 1 aromatic heterocycles. The molecule has 1 heterocycles. The highest BCUT2D eigenvalue weighted by Crippen LogP contribution is 2.25. The molecule has 0 atom stereocenters. The third-order valence-corrected chi connectivity index (χ3v) is 2.44. The van der Waals surface area contributed by atoms with Gasteiger partial charge in [0, 0.05) is 16.7 Å². The Labute approximate surface area is 76.9 Å². The zero-order valence-corrected chi connectivity index (χ0v) is 7.90. The zero-order valence-electron chi connectivity index (χ0n) is 7.08. The lowest BCUT2D eigenvalue weighted by molar-refractivity contribution is 1.25. The third-order valence-electron chi connectivity index (χ3n) is 1.48. The minimum atomic E-state index is 0.559. The van der Waals surface area contributed by atoms with Crippen LogP contribution in [0.1, 0.15) is 12.5 Å². The van der Waals surface area contributed by atoms with Crippen LogP contribution in [0.25, 0.3) is 6.08 Å². The van der Waals surface area contributed by atoms with E-state index in [9.17, 15) is 0 Å². The Kier molecular flexibility index (Phi) is 3.17. The first-order chi connectivity index (χ1) is 5.79. The standard InChI is InChI=1S/C9H12N2S/c1-3-7-8(12-4-2)5-6-11-9(7)10/h3,5-6H,1,4H2,2H3,(H2,10,11). The number of rotatable bonds is 3. The molecular formula is C9H12N2S. The summed E-state index contributed by atoms with van der Waals surface area (Å²) >= 11 is 1.75. The summed E-state index contributed by atoms with van der Waals surface area (Å²) in [5.74, 6) is 1.59. The van der Waals surface area contributed by atoms with E-state index in [2.05, 4.69) is 18.5 Å². The number of nitrogen functional groups attached to an aromatic ring is 1. The van der Waals surface area contributed by atoms with Crippen LogP contribution in [0, 0.1) is 0 Å². The van der Waals surface area contributed by atoms with Crippen molar-refractivity contribution in [2.45, 2.75) is 11.8 Å². The second-order valence-corrected chi connectivity index (χ2v) is 3.55. The van der Waals surface area contributed by atoms with Crippen LogP contribution < -0.4 is 5.73 Å². The number of hydrogen-bond donors (Lipinski definition) is 1. The van der Waals surface area contributed by atoms with Crippen molar-refractivity contribution in [1.82, 2.24) is 4.98 Å². The number of aromatic nitrogens is 1. The van der Waals surface area contributed by atoms with Gasteiger partial charge in [0.25, 0.3) is 0 Å². The number of nitrogens with zero attached hydrogens (tertiary/aromatic N) is 1. The van der Waals surface area contributed by atoms with E-state index in [1.54, 1.807) is 24.0 Å². The quantitative estimate of drug-likeness (QED) is 0.726. The average Bonchev–Trinajstić information content (AvgIpc) is 2.05. The van der Waals surface area contributed by atoms with Crippen molar-refractivity contribution in [2.24, 2.45) is 0 Å². The maximum Gasteiger partial charge on any atom is 0.131 e. The Morgan fingerprint density at radius 1 is 1.75 bits per heavy atom. The number of nitrogens with two attached hydrogens (primary N) is 1. The average molecular weight is 180 g/mol. The van der Waals surface area contributed by atoms with Crippen LogP contribution in [0.4, 0.5) is 5.82 Å². The highest BCUT2D eigenvalue weighted by atomic mass is 32.2. The van der Waals surface area contributed by atoms with Gasteiger partial charge >= 0.3 is 0 Å². The monoisotopic (exact) mass is 180 g/mol. The number of anilines is 1. The first-order valence-electron chi connectivity index (χ1n) is 3.79. The molecule has 0 fully saturated rings. The molecule has 2 N–H and O–H groups in total. The Hall–Kier alpha value is -0.960. The zero-order chi connectivity index (χ0) is 8.97. The van der Waals surface area contributed by atoms with Crippen molar-refractivity contribution in [3.8, 4) is 0 Å². The van der Waals surface area contributed by atoms with Crippen molar-refractivity contribution < 1.29 is 0 Å². The smallest absolute Gasteiger partial charge is 0.131 e. The SMILES string of the molecule is C=Cc1c(SCC)ccnc1N. The predicted molar refractivity (Wildman–Crippen MR) is 55.1 cm³/mol. The molecule has 0 saturated heterocycles. The van der Waals surface area contributed by atoms with Crippen LogP contribution in [0.2, 0.25) is 0 Å². The topological polar surface area (TPSA) is 38.9 Å². The maximum absolute atomic E-state index is 5.67. The summed E-state index contributed by atoms with van der Waals surface area (Å²) in [7, 11) is 0. The molecule has 64 valence electrons. The van der Waals surface area contributed by atoms with E-state index in [4.69, 9.17) is 5.73 Å². The van der Waals surface area contributed by atoms with Crippen molar-refractivity contribution in [3.05, 3.63) is 24.4 Å². The normalized spacial score (nSPS) is 9.75. The largest absolute Gasteiger partial charge is 0.383 e. The molecule has 0 aromatic carbocycles. The van der Waals surface area contributed by atoms with E-state index in [1.165, 1.54) is 0 Å². The molecular weight excluding hydrogens is 168 g/mol. The van der Waals surface area contributed by atoms with Gasteiger partial charge in [-0.25, -0.2) is 4.98 Å². The molecule has 0 aliphatic rings. The summed E-state index contributed by atoms with van der Waals surface area (Å²) in [6.45, 7) is 5.81. The maximum atomic E-state index is 5.67. The molecule has 0 bridgehead atoms. The van der Waals surface area contributed by atoms with Gasteiger partial charge in [0.15, 0.2) is 0 Å². The number of hydrogen-bond acceptors (Lipinski definition) is 3. The van der Waals surface area contributed by atoms with Gasteiger partial charge in [-0.05, 0) is 11.8 Å². The molecule has 0 radical (unpaired) electrons. The number of pyridine rings is 1. The fourth-order valence-corrected chi connectivity index (χ4v) is 1.77. The molecule has 0 aliphatic carbocycles. The van der Waals surface area contributed by atoms with Gasteiger partial charge in [-0.1, -0.05) is 19.6 Å². The van der Waals surface area contributed by atoms with E-state index in [0.717, 1.165) is 16.2 Å². The highest BCUT2D eigenvalue weighted by Gasteiger charge is 2.02. The summed E-state index contributed by atoms with van der Waals surface area (Å²) in [5.41, 5.74) is 6.61. The van der Waals surface area contributed by atoms with Crippen LogP contribution in [-0.2, 0) is 0 Å². The van der Waals surface area contributed by atoms with Gasteiger partial charge in [0.2, 0.25) is 0 Å². The van der Waals surface area contributed by atoms with Gasteiger partial charge in [-0.15, -0.1) is 11.8 Å². The molecule has 1 rings (SSSR count). The molecule has 0 unspecified atom stereocenters. The van der Waals surface area contributed by atoms with Crippen molar-refractivity contribution in [1.29, 1.82) is 0 Å². The van der Waals surface area contributed by atoms with Crippen molar-refractivity contribution in [2.75, 3.05) is 11.5 Å². The van der Waals surface area contributed by atoms with Crippen LogP contribution in [-0.4, -0.2) is 10.7 Å². The fraction of sp³-hybridized carbons (Fsp3) is 0.222. The second kappa shape index (κ2) is 4.16. The van der Waals surface area contributed by atoms with Crippen LogP contribution in [0.15, 0.2) is 23.7 Å². The summed E-state index contributed by atoms with van der Waals surface area (Å²) in [6, 6.07) is 1.96. The minimum absolute atomic E-state index is 0.559. The Bertz CT molecular complexity index is 284. The number of thioether (sulfide) groups is 1. The van der Waals surface area contributed by atoms with Gasteiger partial charge in [0.05, 0.1) is 0 Å². The van der Waals surface area contributed by atoms with E-state index in [-0.39, 0.29) is 0 Å². The Morgan fingerprint density at radius 2 is 2.50 bits per heavy atom. The molecule has 2 nitrogen and oxygen atoms in total.